The predicted molar refractivity (Wildman–Crippen MR) is 81.8 cm³/mol. The molecular weight excluding hydrogens is 339 g/mol. The Kier molecular flexibility index (Phi) is 3.61. The number of benzene rings is 2. The Balaban J connectivity index is 2.48. The molecule has 2 aromatic rings. The fourth-order valence-corrected chi connectivity index (χ4v) is 2.28. The molecule has 0 N–H and O–H groups in total. The summed E-state index contributed by atoms with van der Waals surface area (Å²) >= 11 is 2.26. The van der Waals surface area contributed by atoms with E-state index in [-0.39, 0.29) is 5.97 Å². The van der Waals surface area contributed by atoms with E-state index in [0.717, 1.165) is 14.3 Å². The van der Waals surface area contributed by atoms with E-state index >= 15 is 0 Å². The fourth-order valence-electron chi connectivity index (χ4n) is 1.77. The lowest BCUT2D eigenvalue weighted by molar-refractivity contribution is 0.00719. The van der Waals surface area contributed by atoms with E-state index < -0.39 is 5.60 Å². The van der Waals surface area contributed by atoms with Crippen molar-refractivity contribution in [2.45, 2.75) is 26.4 Å². The molecule has 0 aliphatic heterocycles. The van der Waals surface area contributed by atoms with Gasteiger partial charge in [0.25, 0.3) is 0 Å². The number of fused-ring (bicyclic) bond motifs is 1. The second-order valence-electron chi connectivity index (χ2n) is 5.17. The van der Waals surface area contributed by atoms with E-state index in [2.05, 4.69) is 28.7 Å². The first-order valence-electron chi connectivity index (χ1n) is 5.78. The Morgan fingerprint density at radius 1 is 1.17 bits per heavy atom. The van der Waals surface area contributed by atoms with Gasteiger partial charge >= 0.3 is 5.97 Å². The fraction of sp³-hybridized carbons (Fsp3) is 0.267. The molecule has 2 nitrogen and oxygen atoms in total. The van der Waals surface area contributed by atoms with Crippen LogP contribution in [0.15, 0.2) is 36.4 Å². The van der Waals surface area contributed by atoms with Crippen molar-refractivity contribution >= 4 is 39.3 Å². The van der Waals surface area contributed by atoms with Crippen LogP contribution in [-0.2, 0) is 4.74 Å². The Hall–Kier alpha value is -1.10. The van der Waals surface area contributed by atoms with Crippen LogP contribution in [-0.4, -0.2) is 11.6 Å². The van der Waals surface area contributed by atoms with Crippen LogP contribution in [0.25, 0.3) is 10.8 Å². The Labute approximate surface area is 120 Å². The van der Waals surface area contributed by atoms with E-state index in [1.807, 2.05) is 51.1 Å². The van der Waals surface area contributed by atoms with E-state index in [1.165, 1.54) is 0 Å². The number of ether oxygens (including phenoxy) is 1. The Bertz CT molecular complexity index is 597. The van der Waals surface area contributed by atoms with Crippen molar-refractivity contribution in [3.8, 4) is 0 Å². The van der Waals surface area contributed by atoms with Gasteiger partial charge in [0.15, 0.2) is 0 Å². The van der Waals surface area contributed by atoms with Gasteiger partial charge in [-0.2, -0.15) is 0 Å². The van der Waals surface area contributed by atoms with E-state index in [9.17, 15) is 4.79 Å². The molecule has 0 unspecified atom stereocenters. The average Bonchev–Trinajstić information content (AvgIpc) is 2.25. The summed E-state index contributed by atoms with van der Waals surface area (Å²) in [6.07, 6.45) is 0. The highest BCUT2D eigenvalue weighted by atomic mass is 127. The second kappa shape index (κ2) is 4.88. The van der Waals surface area contributed by atoms with E-state index in [1.54, 1.807) is 0 Å². The monoisotopic (exact) mass is 354 g/mol. The lowest BCUT2D eigenvalue weighted by Gasteiger charge is -2.20. The van der Waals surface area contributed by atoms with Crippen molar-refractivity contribution in [3.63, 3.8) is 0 Å². The van der Waals surface area contributed by atoms with Gasteiger partial charge in [-0.05, 0) is 72.3 Å². The van der Waals surface area contributed by atoms with Crippen molar-refractivity contribution < 1.29 is 9.53 Å². The molecule has 0 spiro atoms. The third-order valence-electron chi connectivity index (χ3n) is 2.46. The average molecular weight is 354 g/mol. The quantitative estimate of drug-likeness (QED) is 0.561. The smallest absolute Gasteiger partial charge is 0.339 e. The van der Waals surface area contributed by atoms with Gasteiger partial charge in [0.1, 0.15) is 5.60 Å². The highest BCUT2D eigenvalue weighted by molar-refractivity contribution is 14.1. The molecule has 0 radical (unpaired) electrons. The molecule has 0 saturated heterocycles. The molecule has 3 heteroatoms. The first-order chi connectivity index (χ1) is 8.37. The first-order valence-corrected chi connectivity index (χ1v) is 6.86. The number of hydrogen-bond acceptors (Lipinski definition) is 2. The van der Waals surface area contributed by atoms with Crippen LogP contribution in [0.5, 0.6) is 0 Å². The summed E-state index contributed by atoms with van der Waals surface area (Å²) in [4.78, 5) is 12.1. The minimum absolute atomic E-state index is 0.269. The van der Waals surface area contributed by atoms with Crippen LogP contribution in [0.1, 0.15) is 31.1 Å². The van der Waals surface area contributed by atoms with Crippen LogP contribution < -0.4 is 0 Å². The number of carbonyl (C=O) groups is 1. The highest BCUT2D eigenvalue weighted by Crippen LogP contribution is 2.23. The molecule has 0 heterocycles. The molecule has 94 valence electrons. The zero-order valence-corrected chi connectivity index (χ0v) is 12.8. The molecule has 0 amide bonds. The molecule has 2 rings (SSSR count). The maximum Gasteiger partial charge on any atom is 0.339 e. The number of hydrogen-bond donors (Lipinski definition) is 0. The normalized spacial score (nSPS) is 11.6. The lowest BCUT2D eigenvalue weighted by atomic mass is 10.0. The van der Waals surface area contributed by atoms with Crippen LogP contribution in [0.2, 0.25) is 0 Å². The number of carbonyl (C=O) groups excluding carboxylic acids is 1. The van der Waals surface area contributed by atoms with Gasteiger partial charge in [-0.25, -0.2) is 4.79 Å². The highest BCUT2D eigenvalue weighted by Gasteiger charge is 2.19. The first kappa shape index (κ1) is 13.3. The number of rotatable bonds is 1. The van der Waals surface area contributed by atoms with Crippen LogP contribution in [0.3, 0.4) is 0 Å². The minimum atomic E-state index is -0.470. The van der Waals surface area contributed by atoms with Crippen LogP contribution in [0, 0.1) is 3.57 Å². The summed E-state index contributed by atoms with van der Waals surface area (Å²) in [5.41, 5.74) is 0.154. The van der Waals surface area contributed by atoms with Crippen molar-refractivity contribution in [1.29, 1.82) is 0 Å². The van der Waals surface area contributed by atoms with Crippen LogP contribution in [0.4, 0.5) is 0 Å². The summed E-state index contributed by atoms with van der Waals surface area (Å²) in [6.45, 7) is 5.62. The lowest BCUT2D eigenvalue weighted by Crippen LogP contribution is -2.24. The maximum atomic E-state index is 12.1. The molecular formula is C15H15IO2. The van der Waals surface area contributed by atoms with Gasteiger partial charge in [-0.3, -0.25) is 0 Å². The zero-order valence-electron chi connectivity index (χ0n) is 10.7. The van der Waals surface area contributed by atoms with Crippen LogP contribution >= 0.6 is 22.6 Å². The molecule has 0 aliphatic rings. The predicted octanol–water partition coefficient (Wildman–Crippen LogP) is 4.40. The number of halogens is 1. The van der Waals surface area contributed by atoms with Gasteiger partial charge in [-0.15, -0.1) is 0 Å². The molecule has 18 heavy (non-hydrogen) atoms. The van der Waals surface area contributed by atoms with Gasteiger partial charge in [-0.1, -0.05) is 18.2 Å². The Morgan fingerprint density at radius 2 is 1.89 bits per heavy atom. The molecule has 0 saturated carbocycles. The van der Waals surface area contributed by atoms with Crippen molar-refractivity contribution in [2.75, 3.05) is 0 Å². The SMILES string of the molecule is CC(C)(C)OC(=O)c1cccc2cc(I)ccc12. The molecule has 2 aromatic carbocycles. The van der Waals surface area contributed by atoms with E-state index in [4.69, 9.17) is 4.74 Å². The van der Waals surface area contributed by atoms with Gasteiger partial charge in [0.2, 0.25) is 0 Å². The summed E-state index contributed by atoms with van der Waals surface area (Å²) in [5, 5.41) is 2.00. The maximum absolute atomic E-state index is 12.1. The molecule has 0 aliphatic carbocycles. The standard InChI is InChI=1S/C15H15IO2/c1-15(2,3)18-14(17)13-6-4-5-10-9-11(16)7-8-12(10)13/h4-9H,1-3H3. The summed E-state index contributed by atoms with van der Waals surface area (Å²) in [5.74, 6) is -0.269. The zero-order chi connectivity index (χ0) is 13.3. The second-order valence-corrected chi connectivity index (χ2v) is 6.42. The van der Waals surface area contributed by atoms with Gasteiger partial charge in [0, 0.05) is 3.57 Å². The molecule has 0 fully saturated rings. The van der Waals surface area contributed by atoms with Gasteiger partial charge in [0.05, 0.1) is 5.56 Å². The van der Waals surface area contributed by atoms with Gasteiger partial charge < -0.3 is 4.74 Å². The minimum Gasteiger partial charge on any atom is -0.456 e. The molecule has 0 aromatic heterocycles. The summed E-state index contributed by atoms with van der Waals surface area (Å²) < 4.78 is 6.58. The van der Waals surface area contributed by atoms with Crippen molar-refractivity contribution in [3.05, 3.63) is 45.5 Å². The third kappa shape index (κ3) is 3.02. The van der Waals surface area contributed by atoms with Crippen molar-refractivity contribution in [1.82, 2.24) is 0 Å². The topological polar surface area (TPSA) is 26.3 Å². The Morgan fingerprint density at radius 3 is 2.56 bits per heavy atom. The van der Waals surface area contributed by atoms with Crippen molar-refractivity contribution in [2.24, 2.45) is 0 Å². The third-order valence-corrected chi connectivity index (χ3v) is 3.13. The van der Waals surface area contributed by atoms with E-state index in [0.29, 0.717) is 5.56 Å². The summed E-state index contributed by atoms with van der Waals surface area (Å²) in [7, 11) is 0. The summed E-state index contributed by atoms with van der Waals surface area (Å²) in [6, 6.07) is 11.7. The number of esters is 1. The molecule has 0 bridgehead atoms. The largest absolute Gasteiger partial charge is 0.456 e. The molecule has 0 atom stereocenters.